The molecule has 0 amide bonds. The van der Waals surface area contributed by atoms with Gasteiger partial charge in [0, 0.05) is 13.2 Å². The summed E-state index contributed by atoms with van der Waals surface area (Å²) in [6.07, 6.45) is 3.21. The first kappa shape index (κ1) is 9.92. The summed E-state index contributed by atoms with van der Waals surface area (Å²) in [5.74, 6) is 0. The summed E-state index contributed by atoms with van der Waals surface area (Å²) in [5, 5.41) is 8.49. The van der Waals surface area contributed by atoms with E-state index in [4.69, 9.17) is 9.84 Å². The Bertz CT molecular complexity index is 56.3. The maximum Gasteiger partial charge on any atom is 0.0547 e. The zero-order valence-electron chi connectivity index (χ0n) is 6.97. The summed E-state index contributed by atoms with van der Waals surface area (Å²) in [4.78, 5) is 0. The van der Waals surface area contributed by atoms with Crippen molar-refractivity contribution < 1.29 is 9.84 Å². The number of rotatable bonds is 6. The Morgan fingerprint density at radius 2 is 2.20 bits per heavy atom. The van der Waals surface area contributed by atoms with Gasteiger partial charge in [-0.15, -0.1) is 0 Å². The molecule has 1 atom stereocenters. The second kappa shape index (κ2) is 7.03. The summed E-state index contributed by atoms with van der Waals surface area (Å²) < 4.78 is 5.38. The van der Waals surface area contributed by atoms with Gasteiger partial charge in [0.2, 0.25) is 0 Å². The molecule has 2 heteroatoms. The fraction of sp³-hybridized carbons (Fsp3) is 1.00. The van der Waals surface area contributed by atoms with Crippen LogP contribution in [0.15, 0.2) is 0 Å². The van der Waals surface area contributed by atoms with Crippen LogP contribution in [-0.2, 0) is 4.74 Å². The number of hydrogen-bond donors (Lipinski definition) is 1. The van der Waals surface area contributed by atoms with Crippen LogP contribution >= 0.6 is 0 Å². The van der Waals surface area contributed by atoms with Gasteiger partial charge in [-0.05, 0) is 26.2 Å². The van der Waals surface area contributed by atoms with E-state index in [9.17, 15) is 0 Å². The fourth-order valence-corrected chi connectivity index (χ4v) is 0.781. The van der Waals surface area contributed by atoms with Crippen molar-refractivity contribution in [3.8, 4) is 0 Å². The molecule has 0 spiro atoms. The first-order valence-electron chi connectivity index (χ1n) is 4.03. The Balaban J connectivity index is 3.00. The first-order valence-corrected chi connectivity index (χ1v) is 4.03. The van der Waals surface area contributed by atoms with Crippen molar-refractivity contribution >= 4 is 0 Å². The van der Waals surface area contributed by atoms with E-state index < -0.39 is 0 Å². The van der Waals surface area contributed by atoms with Gasteiger partial charge in [0.15, 0.2) is 0 Å². The highest BCUT2D eigenvalue weighted by Crippen LogP contribution is 2.00. The minimum absolute atomic E-state index is 0.278. The van der Waals surface area contributed by atoms with Gasteiger partial charge in [-0.2, -0.15) is 0 Å². The van der Waals surface area contributed by atoms with Gasteiger partial charge >= 0.3 is 0 Å². The summed E-state index contributed by atoms with van der Waals surface area (Å²) in [7, 11) is 0. The molecular weight excluding hydrogens is 128 g/mol. The molecule has 0 bridgehead atoms. The zero-order valence-corrected chi connectivity index (χ0v) is 6.97. The fourth-order valence-electron chi connectivity index (χ4n) is 0.781. The van der Waals surface area contributed by atoms with Crippen LogP contribution in [0.3, 0.4) is 0 Å². The van der Waals surface area contributed by atoms with Crippen molar-refractivity contribution in [2.75, 3.05) is 13.2 Å². The van der Waals surface area contributed by atoms with Crippen molar-refractivity contribution in [1.29, 1.82) is 0 Å². The molecule has 0 heterocycles. The third-order valence-electron chi connectivity index (χ3n) is 1.38. The molecule has 2 nitrogen and oxygen atoms in total. The number of aliphatic hydroxyl groups excluding tert-OH is 1. The highest BCUT2D eigenvalue weighted by molar-refractivity contribution is 4.48. The van der Waals surface area contributed by atoms with Crippen molar-refractivity contribution in [3.05, 3.63) is 0 Å². The molecule has 0 rings (SSSR count). The van der Waals surface area contributed by atoms with Crippen molar-refractivity contribution in [2.24, 2.45) is 0 Å². The van der Waals surface area contributed by atoms with Crippen LogP contribution in [-0.4, -0.2) is 24.4 Å². The number of hydrogen-bond acceptors (Lipinski definition) is 2. The van der Waals surface area contributed by atoms with Crippen LogP contribution in [0.25, 0.3) is 0 Å². The van der Waals surface area contributed by atoms with E-state index in [1.54, 1.807) is 0 Å². The van der Waals surface area contributed by atoms with E-state index in [0.29, 0.717) is 6.10 Å². The molecule has 0 saturated heterocycles. The number of ether oxygens (including phenoxy) is 1. The van der Waals surface area contributed by atoms with E-state index in [2.05, 4.69) is 6.92 Å². The number of aliphatic hydroxyl groups is 1. The molecule has 0 saturated carbocycles. The Kier molecular flexibility index (Phi) is 6.98. The van der Waals surface area contributed by atoms with Crippen LogP contribution < -0.4 is 0 Å². The third kappa shape index (κ3) is 6.05. The van der Waals surface area contributed by atoms with Gasteiger partial charge in [0.1, 0.15) is 0 Å². The lowest BCUT2D eigenvalue weighted by Gasteiger charge is -2.10. The predicted molar refractivity (Wildman–Crippen MR) is 42.0 cm³/mol. The first-order chi connectivity index (χ1) is 4.81. The topological polar surface area (TPSA) is 29.5 Å². The molecule has 0 radical (unpaired) electrons. The van der Waals surface area contributed by atoms with E-state index in [-0.39, 0.29) is 6.61 Å². The van der Waals surface area contributed by atoms with E-state index in [0.717, 1.165) is 25.9 Å². The largest absolute Gasteiger partial charge is 0.396 e. The minimum Gasteiger partial charge on any atom is -0.396 e. The summed E-state index contributed by atoms with van der Waals surface area (Å²) in [6.45, 7) is 5.26. The molecule has 0 aliphatic rings. The van der Waals surface area contributed by atoms with Gasteiger partial charge in [0.05, 0.1) is 6.10 Å². The van der Waals surface area contributed by atoms with Gasteiger partial charge in [-0.25, -0.2) is 0 Å². The maximum atomic E-state index is 8.49. The van der Waals surface area contributed by atoms with Crippen molar-refractivity contribution in [1.82, 2.24) is 0 Å². The lowest BCUT2D eigenvalue weighted by atomic mass is 10.2. The molecule has 62 valence electrons. The Morgan fingerprint density at radius 3 is 2.70 bits per heavy atom. The SMILES string of the molecule is CCCO[C@@H](C)CCCO. The van der Waals surface area contributed by atoms with Crippen LogP contribution in [0.1, 0.15) is 33.1 Å². The lowest BCUT2D eigenvalue weighted by molar-refractivity contribution is 0.0558. The molecule has 0 aliphatic heterocycles. The summed E-state index contributed by atoms with van der Waals surface area (Å²) in [6, 6.07) is 0. The maximum absolute atomic E-state index is 8.49. The molecular formula is C8H18O2. The van der Waals surface area contributed by atoms with E-state index in [1.165, 1.54) is 0 Å². The highest BCUT2D eigenvalue weighted by Gasteiger charge is 1.98. The minimum atomic E-state index is 0.278. The Labute approximate surface area is 63.2 Å². The van der Waals surface area contributed by atoms with Crippen molar-refractivity contribution in [2.45, 2.75) is 39.2 Å². The predicted octanol–water partition coefficient (Wildman–Crippen LogP) is 1.57. The van der Waals surface area contributed by atoms with Crippen LogP contribution in [0, 0.1) is 0 Å². The van der Waals surface area contributed by atoms with Crippen molar-refractivity contribution in [3.63, 3.8) is 0 Å². The highest BCUT2D eigenvalue weighted by atomic mass is 16.5. The van der Waals surface area contributed by atoms with Gasteiger partial charge in [-0.1, -0.05) is 6.92 Å². The normalized spacial score (nSPS) is 13.5. The molecule has 1 N–H and O–H groups in total. The zero-order chi connectivity index (χ0) is 7.82. The smallest absolute Gasteiger partial charge is 0.0547 e. The van der Waals surface area contributed by atoms with E-state index in [1.807, 2.05) is 6.92 Å². The Morgan fingerprint density at radius 1 is 1.50 bits per heavy atom. The lowest BCUT2D eigenvalue weighted by Crippen LogP contribution is -2.09. The molecule has 0 aromatic rings. The van der Waals surface area contributed by atoms with Crippen LogP contribution in [0.2, 0.25) is 0 Å². The quantitative estimate of drug-likeness (QED) is 0.616. The van der Waals surface area contributed by atoms with Crippen LogP contribution in [0.4, 0.5) is 0 Å². The Hall–Kier alpha value is -0.0800. The third-order valence-corrected chi connectivity index (χ3v) is 1.38. The molecule has 10 heavy (non-hydrogen) atoms. The van der Waals surface area contributed by atoms with E-state index >= 15 is 0 Å². The van der Waals surface area contributed by atoms with Gasteiger partial charge in [0.25, 0.3) is 0 Å². The average Bonchev–Trinajstić information content (AvgIpc) is 1.97. The summed E-state index contributed by atoms with van der Waals surface area (Å²) >= 11 is 0. The molecule has 0 aliphatic carbocycles. The standard InChI is InChI=1S/C8H18O2/c1-3-7-10-8(2)5-4-6-9/h8-9H,3-7H2,1-2H3/t8-/m0/s1. The molecule has 0 unspecified atom stereocenters. The van der Waals surface area contributed by atoms with Gasteiger partial charge < -0.3 is 9.84 Å². The van der Waals surface area contributed by atoms with Gasteiger partial charge in [-0.3, -0.25) is 0 Å². The molecule has 0 aromatic carbocycles. The average molecular weight is 146 g/mol. The monoisotopic (exact) mass is 146 g/mol. The second-order valence-electron chi connectivity index (χ2n) is 2.55. The van der Waals surface area contributed by atoms with Crippen LogP contribution in [0.5, 0.6) is 0 Å². The second-order valence-corrected chi connectivity index (χ2v) is 2.55. The molecule has 0 aromatic heterocycles. The summed E-state index contributed by atoms with van der Waals surface area (Å²) in [5.41, 5.74) is 0. The molecule has 0 fully saturated rings.